The molecule has 1 amide bonds. The fraction of sp³-hybridized carbons (Fsp3) is 0.889. The minimum Gasteiger partial charge on any atom is -0.380 e. The van der Waals surface area contributed by atoms with Crippen LogP contribution in [-0.4, -0.2) is 49.9 Å². The van der Waals surface area contributed by atoms with E-state index in [1.807, 2.05) is 7.05 Å². The predicted octanol–water partition coefficient (Wildman–Crippen LogP) is -0.871. The molecular weight excluding hydrogens is 214 g/mol. The second-order valence-electron chi connectivity index (χ2n) is 3.45. The molecule has 0 bridgehead atoms. The standard InChI is InChI=1S/C9H19N3O2S/c1-11-3-5-14-4-2-8-12-7(6-15-8)9(10)13/h7-8,11-12H,2-6H2,1H3,(H2,10,13). The molecule has 4 N–H and O–H groups in total. The molecule has 1 aliphatic heterocycles. The van der Waals surface area contributed by atoms with Crippen LogP contribution in [0.15, 0.2) is 0 Å². The first-order valence-corrected chi connectivity index (χ1v) is 6.18. The monoisotopic (exact) mass is 233 g/mol. The van der Waals surface area contributed by atoms with E-state index in [0.717, 1.165) is 31.9 Å². The summed E-state index contributed by atoms with van der Waals surface area (Å²) in [5, 5.41) is 6.49. The maximum atomic E-state index is 10.9. The highest BCUT2D eigenvalue weighted by atomic mass is 32.2. The van der Waals surface area contributed by atoms with E-state index in [9.17, 15) is 4.79 Å². The molecule has 5 nitrogen and oxygen atoms in total. The lowest BCUT2D eigenvalue weighted by Crippen LogP contribution is -2.41. The van der Waals surface area contributed by atoms with E-state index in [-0.39, 0.29) is 11.9 Å². The van der Waals surface area contributed by atoms with Gasteiger partial charge in [0.2, 0.25) is 5.91 Å². The van der Waals surface area contributed by atoms with E-state index in [1.54, 1.807) is 11.8 Å². The van der Waals surface area contributed by atoms with E-state index in [1.165, 1.54) is 0 Å². The summed E-state index contributed by atoms with van der Waals surface area (Å²) < 4.78 is 5.40. The van der Waals surface area contributed by atoms with Gasteiger partial charge < -0.3 is 15.8 Å². The van der Waals surface area contributed by atoms with Gasteiger partial charge in [-0.05, 0) is 13.5 Å². The van der Waals surface area contributed by atoms with Crippen LogP contribution in [0.4, 0.5) is 0 Å². The van der Waals surface area contributed by atoms with Crippen molar-refractivity contribution in [2.75, 3.05) is 32.6 Å². The molecule has 0 radical (unpaired) electrons. The maximum Gasteiger partial charge on any atom is 0.235 e. The number of carbonyl (C=O) groups excluding carboxylic acids is 1. The van der Waals surface area contributed by atoms with Crippen LogP contribution < -0.4 is 16.4 Å². The molecule has 0 saturated carbocycles. The number of thioether (sulfide) groups is 1. The number of carbonyl (C=O) groups is 1. The second kappa shape index (κ2) is 7.05. The van der Waals surface area contributed by atoms with Crippen LogP contribution in [0.1, 0.15) is 6.42 Å². The Morgan fingerprint density at radius 3 is 3.07 bits per heavy atom. The van der Waals surface area contributed by atoms with Crippen LogP contribution in [0.3, 0.4) is 0 Å². The van der Waals surface area contributed by atoms with E-state index in [2.05, 4.69) is 10.6 Å². The maximum absolute atomic E-state index is 10.9. The highest BCUT2D eigenvalue weighted by molar-refractivity contribution is 8.00. The van der Waals surface area contributed by atoms with Crippen molar-refractivity contribution in [1.82, 2.24) is 10.6 Å². The fourth-order valence-corrected chi connectivity index (χ4v) is 2.54. The van der Waals surface area contributed by atoms with Gasteiger partial charge in [0, 0.05) is 18.9 Å². The van der Waals surface area contributed by atoms with Crippen LogP contribution >= 0.6 is 11.8 Å². The lowest BCUT2D eigenvalue weighted by molar-refractivity contribution is -0.119. The molecule has 1 rings (SSSR count). The van der Waals surface area contributed by atoms with Crippen LogP contribution in [0.5, 0.6) is 0 Å². The third-order valence-electron chi connectivity index (χ3n) is 2.22. The van der Waals surface area contributed by atoms with Crippen molar-refractivity contribution in [3.63, 3.8) is 0 Å². The van der Waals surface area contributed by atoms with Gasteiger partial charge >= 0.3 is 0 Å². The zero-order valence-corrected chi connectivity index (χ0v) is 9.81. The molecule has 0 spiro atoms. The molecule has 1 saturated heterocycles. The highest BCUT2D eigenvalue weighted by Crippen LogP contribution is 2.20. The fourth-order valence-electron chi connectivity index (χ4n) is 1.33. The normalized spacial score (nSPS) is 25.7. The van der Waals surface area contributed by atoms with E-state index in [4.69, 9.17) is 10.5 Å². The summed E-state index contributed by atoms with van der Waals surface area (Å²) in [5.41, 5.74) is 5.20. The molecular formula is C9H19N3O2S. The summed E-state index contributed by atoms with van der Waals surface area (Å²) in [4.78, 5) is 10.9. The first-order chi connectivity index (χ1) is 7.24. The third kappa shape index (κ3) is 4.83. The number of rotatable bonds is 7. The van der Waals surface area contributed by atoms with E-state index < -0.39 is 0 Å². The lowest BCUT2D eigenvalue weighted by Gasteiger charge is -2.11. The number of nitrogens with one attached hydrogen (secondary N) is 2. The molecule has 1 fully saturated rings. The number of primary amides is 1. The van der Waals surface area contributed by atoms with Gasteiger partial charge in [-0.3, -0.25) is 10.1 Å². The van der Waals surface area contributed by atoms with Crippen molar-refractivity contribution in [2.45, 2.75) is 17.8 Å². The Labute approximate surface area is 94.5 Å². The van der Waals surface area contributed by atoms with E-state index >= 15 is 0 Å². The number of hydrogen-bond donors (Lipinski definition) is 3. The molecule has 1 heterocycles. The lowest BCUT2D eigenvalue weighted by atomic mass is 10.3. The van der Waals surface area contributed by atoms with Gasteiger partial charge in [0.05, 0.1) is 18.0 Å². The first-order valence-electron chi connectivity index (χ1n) is 5.13. The summed E-state index contributed by atoms with van der Waals surface area (Å²) >= 11 is 1.74. The van der Waals surface area contributed by atoms with Crippen LogP contribution in [0.25, 0.3) is 0 Å². The van der Waals surface area contributed by atoms with Gasteiger partial charge in [0.25, 0.3) is 0 Å². The number of ether oxygens (including phenoxy) is 1. The van der Waals surface area contributed by atoms with Crippen molar-refractivity contribution in [3.05, 3.63) is 0 Å². The third-order valence-corrected chi connectivity index (χ3v) is 3.52. The Hall–Kier alpha value is -0.300. The Morgan fingerprint density at radius 2 is 2.47 bits per heavy atom. The minimum atomic E-state index is -0.263. The Bertz CT molecular complexity index is 204. The molecule has 15 heavy (non-hydrogen) atoms. The SMILES string of the molecule is CNCCOCCC1NC(C(N)=O)CS1. The number of nitrogens with two attached hydrogens (primary N) is 1. The molecule has 0 aliphatic carbocycles. The summed E-state index contributed by atoms with van der Waals surface area (Å²) in [6, 6.07) is -0.169. The van der Waals surface area contributed by atoms with Crippen LogP contribution in [0.2, 0.25) is 0 Å². The van der Waals surface area contributed by atoms with Crippen molar-refractivity contribution in [3.8, 4) is 0 Å². The van der Waals surface area contributed by atoms with Crippen molar-refractivity contribution in [1.29, 1.82) is 0 Å². The Morgan fingerprint density at radius 1 is 1.67 bits per heavy atom. The van der Waals surface area contributed by atoms with Gasteiger partial charge in [-0.2, -0.15) is 0 Å². The largest absolute Gasteiger partial charge is 0.380 e. The topological polar surface area (TPSA) is 76.4 Å². The van der Waals surface area contributed by atoms with Gasteiger partial charge in [-0.15, -0.1) is 11.8 Å². The first kappa shape index (κ1) is 12.8. The molecule has 0 aromatic rings. The Kier molecular flexibility index (Phi) is 6.00. The predicted molar refractivity (Wildman–Crippen MR) is 61.7 cm³/mol. The van der Waals surface area contributed by atoms with E-state index in [0.29, 0.717) is 5.37 Å². The molecule has 0 aromatic carbocycles. The van der Waals surface area contributed by atoms with Gasteiger partial charge in [0.15, 0.2) is 0 Å². The summed E-state index contributed by atoms with van der Waals surface area (Å²) in [5.74, 6) is 0.511. The minimum absolute atomic E-state index is 0.169. The molecule has 6 heteroatoms. The zero-order valence-electron chi connectivity index (χ0n) is 8.99. The van der Waals surface area contributed by atoms with Gasteiger partial charge in [0.1, 0.15) is 0 Å². The highest BCUT2D eigenvalue weighted by Gasteiger charge is 2.27. The van der Waals surface area contributed by atoms with Crippen molar-refractivity contribution in [2.24, 2.45) is 5.73 Å². The van der Waals surface area contributed by atoms with Gasteiger partial charge in [-0.25, -0.2) is 0 Å². The smallest absolute Gasteiger partial charge is 0.235 e. The summed E-state index contributed by atoms with van der Waals surface area (Å²) in [7, 11) is 1.90. The summed E-state index contributed by atoms with van der Waals surface area (Å²) in [6.45, 7) is 2.32. The number of hydrogen-bond acceptors (Lipinski definition) is 5. The average molecular weight is 233 g/mol. The quantitative estimate of drug-likeness (QED) is 0.498. The summed E-state index contributed by atoms with van der Waals surface area (Å²) in [6.07, 6.45) is 0.915. The van der Waals surface area contributed by atoms with Crippen LogP contribution in [-0.2, 0) is 9.53 Å². The van der Waals surface area contributed by atoms with Crippen molar-refractivity contribution < 1.29 is 9.53 Å². The molecule has 1 aliphatic rings. The van der Waals surface area contributed by atoms with Crippen LogP contribution in [0, 0.1) is 0 Å². The second-order valence-corrected chi connectivity index (χ2v) is 4.68. The number of amides is 1. The molecule has 0 aromatic heterocycles. The molecule has 2 unspecified atom stereocenters. The molecule has 88 valence electrons. The van der Waals surface area contributed by atoms with Gasteiger partial charge in [-0.1, -0.05) is 0 Å². The number of likely N-dealkylation sites (N-methyl/N-ethyl adjacent to an activating group) is 1. The zero-order chi connectivity index (χ0) is 11.1. The van der Waals surface area contributed by atoms with Crippen molar-refractivity contribution >= 4 is 17.7 Å². The Balaban J connectivity index is 2.01. The average Bonchev–Trinajstić information content (AvgIpc) is 2.66. The molecule has 2 atom stereocenters.